The Morgan fingerprint density at radius 1 is 1.25 bits per heavy atom. The molecule has 0 aromatic carbocycles. The first-order valence-corrected chi connectivity index (χ1v) is 4.88. The van der Waals surface area contributed by atoms with Crippen LogP contribution in [0.1, 0.15) is 5.69 Å². The number of aromatic nitrogens is 3. The zero-order valence-corrected chi connectivity index (χ0v) is 8.92. The average Bonchev–Trinajstić information content (AvgIpc) is 2.38. The van der Waals surface area contributed by atoms with Crippen molar-refractivity contribution in [2.45, 2.75) is 6.54 Å². The third-order valence-corrected chi connectivity index (χ3v) is 2.04. The lowest BCUT2D eigenvalue weighted by atomic mass is 10.3. The van der Waals surface area contributed by atoms with E-state index in [1.165, 1.54) is 0 Å². The van der Waals surface area contributed by atoms with Crippen molar-refractivity contribution in [2.24, 2.45) is 0 Å². The quantitative estimate of drug-likeness (QED) is 0.839. The van der Waals surface area contributed by atoms with Gasteiger partial charge in [0.05, 0.1) is 31.2 Å². The second-order valence-corrected chi connectivity index (χ2v) is 3.11. The highest BCUT2D eigenvalue weighted by molar-refractivity contribution is 5.51. The van der Waals surface area contributed by atoms with Crippen LogP contribution in [-0.4, -0.2) is 22.1 Å². The maximum Gasteiger partial charge on any atom is 0.237 e. The Morgan fingerprint density at radius 2 is 2.19 bits per heavy atom. The number of anilines is 1. The van der Waals surface area contributed by atoms with Crippen molar-refractivity contribution >= 4 is 5.69 Å². The van der Waals surface area contributed by atoms with Crippen molar-refractivity contribution in [3.05, 3.63) is 42.6 Å². The number of ether oxygens (including phenoxy) is 1. The first kappa shape index (κ1) is 10.4. The Morgan fingerprint density at radius 3 is 2.94 bits per heavy atom. The molecule has 1 N–H and O–H groups in total. The third-order valence-electron chi connectivity index (χ3n) is 2.04. The summed E-state index contributed by atoms with van der Waals surface area (Å²) in [5.41, 5.74) is 1.71. The summed E-state index contributed by atoms with van der Waals surface area (Å²) in [6.07, 6.45) is 6.72. The van der Waals surface area contributed by atoms with Crippen molar-refractivity contribution in [3.63, 3.8) is 0 Å². The second kappa shape index (κ2) is 5.06. The summed E-state index contributed by atoms with van der Waals surface area (Å²) >= 11 is 0. The molecule has 0 amide bonds. The number of nitrogens with zero attached hydrogens (tertiary/aromatic N) is 3. The molecule has 82 valence electrons. The zero-order chi connectivity index (χ0) is 11.2. The van der Waals surface area contributed by atoms with E-state index in [2.05, 4.69) is 20.3 Å². The molecule has 0 bridgehead atoms. The first-order chi connectivity index (χ1) is 7.90. The smallest absolute Gasteiger partial charge is 0.237 e. The topological polar surface area (TPSA) is 59.9 Å². The molecule has 2 heterocycles. The minimum Gasteiger partial charge on any atom is -0.480 e. The van der Waals surface area contributed by atoms with Crippen LogP contribution >= 0.6 is 0 Å². The van der Waals surface area contributed by atoms with Gasteiger partial charge in [-0.1, -0.05) is 0 Å². The number of hydrogen-bond donors (Lipinski definition) is 1. The van der Waals surface area contributed by atoms with E-state index in [1.807, 2.05) is 12.1 Å². The minimum atomic E-state index is 0.575. The number of methoxy groups -OCH3 is 1. The maximum absolute atomic E-state index is 5.12. The molecule has 2 rings (SSSR count). The van der Waals surface area contributed by atoms with Crippen molar-refractivity contribution in [1.82, 2.24) is 15.0 Å². The molecule has 0 radical (unpaired) electrons. The van der Waals surface area contributed by atoms with E-state index in [4.69, 9.17) is 4.74 Å². The van der Waals surface area contributed by atoms with Crippen LogP contribution in [0, 0.1) is 0 Å². The molecule has 0 spiro atoms. The molecule has 2 aromatic rings. The lowest BCUT2D eigenvalue weighted by Gasteiger charge is -2.08. The molecule has 0 saturated heterocycles. The van der Waals surface area contributed by atoms with Crippen LogP contribution in [0.4, 0.5) is 5.69 Å². The fraction of sp³-hybridized carbons (Fsp3) is 0.182. The lowest BCUT2D eigenvalue weighted by Crippen LogP contribution is -2.03. The Bertz CT molecular complexity index is 447. The number of hydrogen-bond acceptors (Lipinski definition) is 5. The number of rotatable bonds is 4. The molecule has 2 aromatic heterocycles. The standard InChI is InChI=1S/C11H12N4O/c1-16-11-10(3-2-4-14-11)15-8-9-7-12-5-6-13-9/h2-7,15H,8H2,1H3. The van der Waals surface area contributed by atoms with Gasteiger partial charge in [0.2, 0.25) is 5.88 Å². The van der Waals surface area contributed by atoms with E-state index in [0.29, 0.717) is 12.4 Å². The summed E-state index contributed by atoms with van der Waals surface area (Å²) in [7, 11) is 1.59. The van der Waals surface area contributed by atoms with Gasteiger partial charge in [0, 0.05) is 18.6 Å². The minimum absolute atomic E-state index is 0.575. The Hall–Kier alpha value is -2.17. The van der Waals surface area contributed by atoms with Crippen LogP contribution in [0.15, 0.2) is 36.9 Å². The Kier molecular flexibility index (Phi) is 3.28. The van der Waals surface area contributed by atoms with Crippen LogP contribution < -0.4 is 10.1 Å². The van der Waals surface area contributed by atoms with Crippen LogP contribution in [0.5, 0.6) is 5.88 Å². The van der Waals surface area contributed by atoms with E-state index >= 15 is 0 Å². The molecule has 5 nitrogen and oxygen atoms in total. The van der Waals surface area contributed by atoms with Gasteiger partial charge in [0.25, 0.3) is 0 Å². The molecule has 0 fully saturated rings. The van der Waals surface area contributed by atoms with E-state index in [-0.39, 0.29) is 0 Å². The van der Waals surface area contributed by atoms with E-state index in [1.54, 1.807) is 31.9 Å². The summed E-state index contributed by atoms with van der Waals surface area (Å²) in [6.45, 7) is 0.593. The molecule has 0 saturated carbocycles. The summed E-state index contributed by atoms with van der Waals surface area (Å²) in [6, 6.07) is 3.75. The highest BCUT2D eigenvalue weighted by Crippen LogP contribution is 2.19. The Balaban J connectivity index is 2.05. The fourth-order valence-corrected chi connectivity index (χ4v) is 1.30. The molecule has 0 aliphatic rings. The van der Waals surface area contributed by atoms with Crippen molar-refractivity contribution in [3.8, 4) is 5.88 Å². The monoisotopic (exact) mass is 216 g/mol. The van der Waals surface area contributed by atoms with E-state index in [0.717, 1.165) is 11.4 Å². The normalized spacial score (nSPS) is 9.81. The fourth-order valence-electron chi connectivity index (χ4n) is 1.30. The predicted molar refractivity (Wildman–Crippen MR) is 60.1 cm³/mol. The molecule has 0 aliphatic heterocycles. The largest absolute Gasteiger partial charge is 0.480 e. The van der Waals surface area contributed by atoms with Gasteiger partial charge in [0.1, 0.15) is 0 Å². The third kappa shape index (κ3) is 2.44. The van der Waals surface area contributed by atoms with E-state index in [9.17, 15) is 0 Å². The molecular formula is C11H12N4O. The molecule has 16 heavy (non-hydrogen) atoms. The van der Waals surface area contributed by atoms with Gasteiger partial charge < -0.3 is 10.1 Å². The average molecular weight is 216 g/mol. The van der Waals surface area contributed by atoms with Gasteiger partial charge in [-0.25, -0.2) is 4.98 Å². The predicted octanol–water partition coefficient (Wildman–Crippen LogP) is 1.49. The number of pyridine rings is 1. The van der Waals surface area contributed by atoms with Crippen LogP contribution in [0.25, 0.3) is 0 Å². The maximum atomic E-state index is 5.12. The first-order valence-electron chi connectivity index (χ1n) is 4.88. The highest BCUT2D eigenvalue weighted by atomic mass is 16.5. The van der Waals surface area contributed by atoms with Crippen molar-refractivity contribution in [2.75, 3.05) is 12.4 Å². The van der Waals surface area contributed by atoms with Gasteiger partial charge in [-0.2, -0.15) is 0 Å². The molecule has 5 heteroatoms. The molecule has 0 atom stereocenters. The van der Waals surface area contributed by atoms with Gasteiger partial charge in [-0.15, -0.1) is 0 Å². The zero-order valence-electron chi connectivity index (χ0n) is 8.92. The molecular weight excluding hydrogens is 204 g/mol. The van der Waals surface area contributed by atoms with Crippen molar-refractivity contribution in [1.29, 1.82) is 0 Å². The molecule has 0 aliphatic carbocycles. The van der Waals surface area contributed by atoms with Gasteiger partial charge in [0.15, 0.2) is 0 Å². The second-order valence-electron chi connectivity index (χ2n) is 3.11. The van der Waals surface area contributed by atoms with E-state index < -0.39 is 0 Å². The molecule has 0 unspecified atom stereocenters. The summed E-state index contributed by atoms with van der Waals surface area (Å²) in [5, 5.41) is 3.19. The Labute approximate surface area is 93.5 Å². The highest BCUT2D eigenvalue weighted by Gasteiger charge is 2.02. The SMILES string of the molecule is COc1ncccc1NCc1cnccn1. The van der Waals surface area contributed by atoms with Crippen LogP contribution in [-0.2, 0) is 6.54 Å². The van der Waals surface area contributed by atoms with Crippen LogP contribution in [0.2, 0.25) is 0 Å². The van der Waals surface area contributed by atoms with Crippen LogP contribution in [0.3, 0.4) is 0 Å². The van der Waals surface area contributed by atoms with Crippen molar-refractivity contribution < 1.29 is 4.74 Å². The summed E-state index contributed by atoms with van der Waals surface area (Å²) < 4.78 is 5.12. The number of nitrogens with one attached hydrogen (secondary N) is 1. The summed E-state index contributed by atoms with van der Waals surface area (Å²) in [4.78, 5) is 12.2. The van der Waals surface area contributed by atoms with Gasteiger partial charge in [-0.3, -0.25) is 9.97 Å². The summed E-state index contributed by atoms with van der Waals surface area (Å²) in [5.74, 6) is 0.575. The van der Waals surface area contributed by atoms with Gasteiger partial charge in [-0.05, 0) is 12.1 Å². The van der Waals surface area contributed by atoms with Gasteiger partial charge >= 0.3 is 0 Å². The lowest BCUT2D eigenvalue weighted by molar-refractivity contribution is 0.399.